The lowest BCUT2D eigenvalue weighted by molar-refractivity contribution is 0.0695. The first kappa shape index (κ1) is 18.4. The van der Waals surface area contributed by atoms with Crippen LogP contribution in [0, 0.1) is 6.92 Å². The van der Waals surface area contributed by atoms with Crippen molar-refractivity contribution in [2.24, 2.45) is 0 Å². The number of nitrogens with one attached hydrogen (secondary N) is 2. The number of amides is 1. The van der Waals surface area contributed by atoms with Crippen LogP contribution in [0.5, 0.6) is 5.75 Å². The second-order valence-electron chi connectivity index (χ2n) is 5.07. The van der Waals surface area contributed by atoms with Gasteiger partial charge < -0.3 is 9.84 Å². The first-order valence-electron chi connectivity index (χ1n) is 7.05. The van der Waals surface area contributed by atoms with Crippen molar-refractivity contribution in [1.82, 2.24) is 10.3 Å². The Labute approximate surface area is 144 Å². The minimum absolute atomic E-state index is 0.135. The first-order valence-corrected chi connectivity index (χ1v) is 8.53. The van der Waals surface area contributed by atoms with Crippen molar-refractivity contribution in [3.63, 3.8) is 0 Å². The monoisotopic (exact) mass is 364 g/mol. The Kier molecular flexibility index (Phi) is 5.40. The molecule has 0 bridgehead atoms. The average molecular weight is 364 g/mol. The molecule has 0 fully saturated rings. The maximum Gasteiger partial charge on any atom is 0.335 e. The number of hydrogen-bond donors (Lipinski definition) is 3. The minimum atomic E-state index is -4.12. The molecule has 0 spiro atoms. The van der Waals surface area contributed by atoms with Crippen molar-refractivity contribution < 1.29 is 27.9 Å². The lowest BCUT2D eigenvalue weighted by Gasteiger charge is -2.10. The molecule has 8 nitrogen and oxygen atoms in total. The number of sulfonamides is 1. The minimum Gasteiger partial charge on any atom is -0.497 e. The van der Waals surface area contributed by atoms with E-state index in [1.54, 1.807) is 19.1 Å². The van der Waals surface area contributed by atoms with Gasteiger partial charge in [-0.25, -0.2) is 13.2 Å². The summed E-state index contributed by atoms with van der Waals surface area (Å²) in [6.07, 6.45) is 0. The van der Waals surface area contributed by atoms with Crippen LogP contribution in [-0.4, -0.2) is 32.5 Å². The van der Waals surface area contributed by atoms with Gasteiger partial charge in [-0.15, -0.1) is 4.83 Å². The van der Waals surface area contributed by atoms with Crippen LogP contribution in [0.2, 0.25) is 0 Å². The third-order valence-corrected chi connectivity index (χ3v) is 4.65. The van der Waals surface area contributed by atoms with Crippen LogP contribution in [-0.2, 0) is 10.0 Å². The van der Waals surface area contributed by atoms with E-state index < -0.39 is 21.9 Å². The van der Waals surface area contributed by atoms with E-state index in [0.29, 0.717) is 11.3 Å². The lowest BCUT2D eigenvalue weighted by Crippen LogP contribution is -2.41. The van der Waals surface area contributed by atoms with E-state index in [1.165, 1.54) is 31.4 Å². The Morgan fingerprint density at radius 1 is 1.08 bits per heavy atom. The highest BCUT2D eigenvalue weighted by molar-refractivity contribution is 7.89. The first-order chi connectivity index (χ1) is 11.7. The Morgan fingerprint density at radius 3 is 2.28 bits per heavy atom. The summed E-state index contributed by atoms with van der Waals surface area (Å²) in [5.41, 5.74) is 2.58. The van der Waals surface area contributed by atoms with Crippen molar-refractivity contribution in [1.29, 1.82) is 0 Å². The second kappa shape index (κ2) is 7.32. The van der Waals surface area contributed by atoms with Crippen molar-refractivity contribution in [2.75, 3.05) is 7.11 Å². The normalized spacial score (nSPS) is 11.0. The van der Waals surface area contributed by atoms with E-state index in [-0.39, 0.29) is 16.0 Å². The van der Waals surface area contributed by atoms with Crippen LogP contribution in [0.4, 0.5) is 0 Å². The summed E-state index contributed by atoms with van der Waals surface area (Å²) in [4.78, 5) is 24.8. The summed E-state index contributed by atoms with van der Waals surface area (Å²) in [5, 5.41) is 9.07. The zero-order chi connectivity index (χ0) is 18.6. The van der Waals surface area contributed by atoms with Crippen LogP contribution in [0.25, 0.3) is 0 Å². The Bertz CT molecular complexity index is 907. The van der Waals surface area contributed by atoms with E-state index in [2.05, 4.69) is 5.43 Å². The van der Waals surface area contributed by atoms with Gasteiger partial charge in [-0.2, -0.15) is 0 Å². The molecule has 9 heteroatoms. The van der Waals surface area contributed by atoms with Gasteiger partial charge in [0.2, 0.25) is 0 Å². The van der Waals surface area contributed by atoms with E-state index in [1.807, 2.05) is 4.83 Å². The standard InChI is InChI=1S/C16H16N2O6S/c1-10-3-8-13(9-14(10)16(20)21)25(22,23)18-17-15(19)11-4-6-12(24-2)7-5-11/h3-9,18H,1-2H3,(H,17,19)(H,20,21). The molecule has 0 saturated heterocycles. The summed E-state index contributed by atoms with van der Waals surface area (Å²) < 4.78 is 29.4. The Hall–Kier alpha value is -2.91. The highest BCUT2D eigenvalue weighted by Crippen LogP contribution is 2.15. The SMILES string of the molecule is COc1ccc(C(=O)NNS(=O)(=O)c2ccc(C)c(C(=O)O)c2)cc1. The number of rotatable bonds is 6. The summed E-state index contributed by atoms with van der Waals surface area (Å²) in [5.74, 6) is -1.35. The van der Waals surface area contributed by atoms with Crippen LogP contribution in [0.15, 0.2) is 47.4 Å². The second-order valence-corrected chi connectivity index (χ2v) is 6.75. The van der Waals surface area contributed by atoms with E-state index in [0.717, 1.165) is 6.07 Å². The number of carboxylic acid groups (broad SMARTS) is 1. The molecule has 3 N–H and O–H groups in total. The fraction of sp³-hybridized carbons (Fsp3) is 0.125. The summed E-state index contributed by atoms with van der Waals surface area (Å²) in [6, 6.07) is 9.71. The summed E-state index contributed by atoms with van der Waals surface area (Å²) >= 11 is 0. The molecule has 2 aromatic carbocycles. The van der Waals surface area contributed by atoms with Gasteiger partial charge in [0.1, 0.15) is 5.75 Å². The number of carboxylic acids is 1. The Balaban J connectivity index is 2.14. The predicted molar refractivity (Wildman–Crippen MR) is 88.9 cm³/mol. The third-order valence-electron chi connectivity index (χ3n) is 3.40. The van der Waals surface area contributed by atoms with E-state index in [9.17, 15) is 18.0 Å². The number of carbonyl (C=O) groups excluding carboxylic acids is 1. The molecule has 0 radical (unpaired) electrons. The van der Waals surface area contributed by atoms with Gasteiger partial charge in [0, 0.05) is 5.56 Å². The molecule has 0 heterocycles. The van der Waals surface area contributed by atoms with E-state index >= 15 is 0 Å². The fourth-order valence-electron chi connectivity index (χ4n) is 1.99. The highest BCUT2D eigenvalue weighted by atomic mass is 32.2. The number of aryl methyl sites for hydroxylation is 1. The molecule has 0 aliphatic carbocycles. The lowest BCUT2D eigenvalue weighted by atomic mass is 10.1. The van der Waals surface area contributed by atoms with Gasteiger partial charge in [-0.05, 0) is 48.9 Å². The largest absolute Gasteiger partial charge is 0.497 e. The molecule has 2 aromatic rings. The third kappa shape index (κ3) is 4.34. The number of methoxy groups -OCH3 is 1. The number of hydrazine groups is 1. The molecule has 25 heavy (non-hydrogen) atoms. The van der Waals surface area contributed by atoms with Crippen LogP contribution in [0.3, 0.4) is 0 Å². The molecule has 0 aliphatic rings. The zero-order valence-corrected chi connectivity index (χ0v) is 14.3. The smallest absolute Gasteiger partial charge is 0.335 e. The molecule has 132 valence electrons. The molecule has 0 saturated carbocycles. The van der Waals surface area contributed by atoms with Gasteiger partial charge in [-0.3, -0.25) is 10.2 Å². The quantitative estimate of drug-likeness (QED) is 0.665. The average Bonchev–Trinajstić information content (AvgIpc) is 2.59. The van der Waals surface area contributed by atoms with Crippen molar-refractivity contribution in [3.8, 4) is 5.75 Å². The molecule has 2 rings (SSSR count). The maximum absolute atomic E-state index is 12.2. The fourth-order valence-corrected chi connectivity index (χ4v) is 2.85. The molecule has 0 atom stereocenters. The molecule has 1 amide bonds. The maximum atomic E-state index is 12.2. The van der Waals surface area contributed by atoms with Gasteiger partial charge in [0.25, 0.3) is 15.9 Å². The Morgan fingerprint density at radius 2 is 1.72 bits per heavy atom. The number of carbonyl (C=O) groups is 2. The van der Waals surface area contributed by atoms with Crippen LogP contribution < -0.4 is 15.0 Å². The van der Waals surface area contributed by atoms with Gasteiger partial charge in [0.05, 0.1) is 17.6 Å². The molecule has 0 aromatic heterocycles. The summed E-state index contributed by atoms with van der Waals surface area (Å²) in [7, 11) is -2.64. The molecular formula is C16H16N2O6S. The summed E-state index contributed by atoms with van der Waals surface area (Å²) in [6.45, 7) is 1.55. The molecule has 0 aliphatic heterocycles. The van der Waals surface area contributed by atoms with Crippen molar-refractivity contribution in [2.45, 2.75) is 11.8 Å². The van der Waals surface area contributed by atoms with Gasteiger partial charge in [-0.1, -0.05) is 6.07 Å². The van der Waals surface area contributed by atoms with Crippen molar-refractivity contribution in [3.05, 3.63) is 59.2 Å². The number of benzene rings is 2. The highest BCUT2D eigenvalue weighted by Gasteiger charge is 2.19. The van der Waals surface area contributed by atoms with Gasteiger partial charge in [0.15, 0.2) is 0 Å². The van der Waals surface area contributed by atoms with E-state index in [4.69, 9.17) is 9.84 Å². The van der Waals surface area contributed by atoms with Gasteiger partial charge >= 0.3 is 5.97 Å². The van der Waals surface area contributed by atoms with Crippen molar-refractivity contribution >= 4 is 21.9 Å². The van der Waals surface area contributed by atoms with Crippen LogP contribution in [0.1, 0.15) is 26.3 Å². The zero-order valence-electron chi connectivity index (χ0n) is 13.4. The molecule has 0 unspecified atom stereocenters. The van der Waals surface area contributed by atoms with Crippen LogP contribution >= 0.6 is 0 Å². The number of ether oxygens (including phenoxy) is 1. The predicted octanol–water partition coefficient (Wildman–Crippen LogP) is 1.33. The topological polar surface area (TPSA) is 122 Å². The molecular weight excluding hydrogens is 348 g/mol. The number of aromatic carboxylic acids is 1. The number of hydrogen-bond acceptors (Lipinski definition) is 5.